The van der Waals surface area contributed by atoms with Gasteiger partial charge in [-0.05, 0) is 18.6 Å². The molecule has 0 spiro atoms. The van der Waals surface area contributed by atoms with Crippen molar-refractivity contribution in [2.45, 2.75) is 32.2 Å². The van der Waals surface area contributed by atoms with Crippen molar-refractivity contribution in [1.29, 1.82) is 0 Å². The molecule has 2 amide bonds. The van der Waals surface area contributed by atoms with E-state index >= 15 is 0 Å². The summed E-state index contributed by atoms with van der Waals surface area (Å²) in [5.41, 5.74) is -0.219. The minimum absolute atomic E-state index is 0.219. The number of aliphatic carboxylic acids is 1. The number of nitrogens with one attached hydrogen (secondary N) is 2. The Morgan fingerprint density at radius 2 is 2.05 bits per heavy atom. The largest absolute Gasteiger partial charge is 0.480 e. The van der Waals surface area contributed by atoms with Crippen LogP contribution in [0.5, 0.6) is 0 Å². The summed E-state index contributed by atoms with van der Waals surface area (Å²) in [6.07, 6.45) is 1.72. The number of rotatable bonds is 6. The summed E-state index contributed by atoms with van der Waals surface area (Å²) in [6, 6.07) is 0.787. The Morgan fingerprint density at radius 1 is 1.35 bits per heavy atom. The number of hydrogen-bond acceptors (Lipinski definition) is 2. The van der Waals surface area contributed by atoms with Gasteiger partial charge < -0.3 is 15.7 Å². The fraction of sp³-hybridized carbons (Fsp3) is 0.385. The van der Waals surface area contributed by atoms with Gasteiger partial charge in [0.25, 0.3) is 0 Å². The molecule has 0 saturated carbocycles. The van der Waals surface area contributed by atoms with E-state index in [2.05, 4.69) is 10.6 Å². The molecule has 0 unspecified atom stereocenters. The Hall–Kier alpha value is -2.18. The van der Waals surface area contributed by atoms with Crippen molar-refractivity contribution in [3.8, 4) is 0 Å². The van der Waals surface area contributed by atoms with Crippen LogP contribution in [0.2, 0.25) is 0 Å². The van der Waals surface area contributed by atoms with Crippen molar-refractivity contribution in [2.75, 3.05) is 5.32 Å². The number of anilines is 1. The lowest BCUT2D eigenvalue weighted by atomic mass is 10.1. The van der Waals surface area contributed by atoms with E-state index in [1.165, 1.54) is 0 Å². The molecule has 7 heteroatoms. The molecule has 20 heavy (non-hydrogen) atoms. The number of carboxylic acids is 1. The number of halogens is 2. The van der Waals surface area contributed by atoms with Gasteiger partial charge in [-0.3, -0.25) is 0 Å². The second kappa shape index (κ2) is 7.42. The molecule has 1 aromatic rings. The SMILES string of the molecule is CCCC[C@H](NC(=O)Nc1ccc(F)cc1F)C(=O)O. The monoisotopic (exact) mass is 286 g/mol. The van der Waals surface area contributed by atoms with Gasteiger partial charge in [0.15, 0.2) is 0 Å². The molecule has 1 aromatic carbocycles. The maximum absolute atomic E-state index is 13.3. The average Bonchev–Trinajstić information content (AvgIpc) is 2.37. The van der Waals surface area contributed by atoms with Crippen LogP contribution in [-0.2, 0) is 4.79 Å². The molecule has 0 aliphatic heterocycles. The van der Waals surface area contributed by atoms with E-state index < -0.39 is 29.7 Å². The molecule has 0 bridgehead atoms. The Bertz CT molecular complexity index is 495. The third kappa shape index (κ3) is 4.83. The summed E-state index contributed by atoms with van der Waals surface area (Å²) in [5.74, 6) is -2.85. The Morgan fingerprint density at radius 3 is 2.60 bits per heavy atom. The van der Waals surface area contributed by atoms with Gasteiger partial charge >= 0.3 is 12.0 Å². The molecule has 0 saturated heterocycles. The van der Waals surface area contributed by atoms with Crippen molar-refractivity contribution in [3.63, 3.8) is 0 Å². The van der Waals surface area contributed by atoms with Crippen LogP contribution in [0.1, 0.15) is 26.2 Å². The lowest BCUT2D eigenvalue weighted by Gasteiger charge is -2.15. The van der Waals surface area contributed by atoms with Crippen LogP contribution in [0.3, 0.4) is 0 Å². The number of carboxylic acid groups (broad SMARTS) is 1. The Labute approximate surface area is 115 Å². The van der Waals surface area contributed by atoms with E-state index in [-0.39, 0.29) is 12.1 Å². The van der Waals surface area contributed by atoms with Crippen molar-refractivity contribution in [2.24, 2.45) is 0 Å². The molecule has 0 aromatic heterocycles. The van der Waals surface area contributed by atoms with Crippen LogP contribution in [-0.4, -0.2) is 23.1 Å². The lowest BCUT2D eigenvalue weighted by Crippen LogP contribution is -2.43. The number of benzene rings is 1. The first kappa shape index (κ1) is 15.9. The number of hydrogen-bond donors (Lipinski definition) is 3. The molecule has 1 rings (SSSR count). The number of carbonyl (C=O) groups excluding carboxylic acids is 1. The van der Waals surface area contributed by atoms with Crippen LogP contribution < -0.4 is 10.6 Å². The standard InChI is InChI=1S/C13H16F2N2O3/c1-2-3-4-11(12(18)19)17-13(20)16-10-6-5-8(14)7-9(10)15/h5-7,11H,2-4H2,1H3,(H,18,19)(H2,16,17,20)/t11-/m0/s1. The molecule has 5 nitrogen and oxygen atoms in total. The quantitative estimate of drug-likeness (QED) is 0.752. The number of urea groups is 1. The Balaban J connectivity index is 2.63. The first-order valence-electron chi connectivity index (χ1n) is 6.19. The van der Waals surface area contributed by atoms with Gasteiger partial charge in [-0.15, -0.1) is 0 Å². The zero-order valence-electron chi connectivity index (χ0n) is 11.0. The highest BCUT2D eigenvalue weighted by molar-refractivity contribution is 5.92. The third-order valence-electron chi connectivity index (χ3n) is 2.63. The first-order valence-corrected chi connectivity index (χ1v) is 6.19. The van der Waals surface area contributed by atoms with Gasteiger partial charge in [0.05, 0.1) is 5.69 Å². The highest BCUT2D eigenvalue weighted by atomic mass is 19.1. The van der Waals surface area contributed by atoms with Gasteiger partial charge in [0.1, 0.15) is 17.7 Å². The second-order valence-corrected chi connectivity index (χ2v) is 4.26. The fourth-order valence-electron chi connectivity index (χ4n) is 1.57. The van der Waals surface area contributed by atoms with E-state index in [4.69, 9.17) is 5.11 Å². The molecular formula is C13H16F2N2O3. The normalized spacial score (nSPS) is 11.8. The summed E-state index contributed by atoms with van der Waals surface area (Å²) in [7, 11) is 0. The third-order valence-corrected chi connectivity index (χ3v) is 2.63. The summed E-state index contributed by atoms with van der Waals surface area (Å²) in [5, 5.41) is 13.3. The summed E-state index contributed by atoms with van der Waals surface area (Å²) >= 11 is 0. The number of carbonyl (C=O) groups is 2. The van der Waals surface area contributed by atoms with Crippen LogP contribution in [0.25, 0.3) is 0 Å². The molecule has 0 radical (unpaired) electrons. The molecule has 110 valence electrons. The summed E-state index contributed by atoms with van der Waals surface area (Å²) < 4.78 is 26.0. The van der Waals surface area contributed by atoms with E-state index in [1.807, 2.05) is 6.92 Å². The lowest BCUT2D eigenvalue weighted by molar-refractivity contribution is -0.139. The van der Waals surface area contributed by atoms with Crippen LogP contribution in [0, 0.1) is 11.6 Å². The zero-order valence-corrected chi connectivity index (χ0v) is 11.0. The smallest absolute Gasteiger partial charge is 0.326 e. The van der Waals surface area contributed by atoms with Crippen LogP contribution >= 0.6 is 0 Å². The molecule has 0 aliphatic carbocycles. The highest BCUT2D eigenvalue weighted by Crippen LogP contribution is 2.14. The number of unbranched alkanes of at least 4 members (excludes halogenated alkanes) is 1. The molecule has 0 fully saturated rings. The summed E-state index contributed by atoms with van der Waals surface area (Å²) in [4.78, 5) is 22.5. The van der Waals surface area contributed by atoms with Crippen molar-refractivity contribution in [3.05, 3.63) is 29.8 Å². The van der Waals surface area contributed by atoms with Gasteiger partial charge in [0, 0.05) is 6.07 Å². The van der Waals surface area contributed by atoms with E-state index in [9.17, 15) is 18.4 Å². The molecule has 3 N–H and O–H groups in total. The van der Waals surface area contributed by atoms with Crippen LogP contribution in [0.15, 0.2) is 18.2 Å². The fourth-order valence-corrected chi connectivity index (χ4v) is 1.57. The molecular weight excluding hydrogens is 270 g/mol. The van der Waals surface area contributed by atoms with Gasteiger partial charge in [-0.2, -0.15) is 0 Å². The van der Waals surface area contributed by atoms with Gasteiger partial charge in [-0.25, -0.2) is 18.4 Å². The van der Waals surface area contributed by atoms with Crippen molar-refractivity contribution >= 4 is 17.7 Å². The van der Waals surface area contributed by atoms with E-state index in [1.54, 1.807) is 0 Å². The predicted molar refractivity (Wildman–Crippen MR) is 69.5 cm³/mol. The van der Waals surface area contributed by atoms with E-state index in [0.29, 0.717) is 12.5 Å². The topological polar surface area (TPSA) is 78.4 Å². The maximum Gasteiger partial charge on any atom is 0.326 e. The van der Waals surface area contributed by atoms with Gasteiger partial charge in [0.2, 0.25) is 0 Å². The van der Waals surface area contributed by atoms with Crippen LogP contribution in [0.4, 0.5) is 19.3 Å². The number of amides is 2. The zero-order chi connectivity index (χ0) is 15.1. The minimum atomic E-state index is -1.16. The van der Waals surface area contributed by atoms with Gasteiger partial charge in [-0.1, -0.05) is 19.8 Å². The maximum atomic E-state index is 13.3. The van der Waals surface area contributed by atoms with Crippen molar-refractivity contribution in [1.82, 2.24) is 5.32 Å². The second-order valence-electron chi connectivity index (χ2n) is 4.26. The summed E-state index contributed by atoms with van der Waals surface area (Å²) in [6.45, 7) is 1.90. The minimum Gasteiger partial charge on any atom is -0.480 e. The molecule has 1 atom stereocenters. The average molecular weight is 286 g/mol. The van der Waals surface area contributed by atoms with E-state index in [0.717, 1.165) is 18.6 Å². The highest BCUT2D eigenvalue weighted by Gasteiger charge is 2.19. The van der Waals surface area contributed by atoms with Crippen molar-refractivity contribution < 1.29 is 23.5 Å². The Kier molecular flexibility index (Phi) is 5.89. The molecule has 0 aliphatic rings. The first-order chi connectivity index (χ1) is 9.43. The predicted octanol–water partition coefficient (Wildman–Crippen LogP) is 2.73. The molecule has 0 heterocycles.